The molecular weight excluding hydrogens is 212 g/mol. The summed E-state index contributed by atoms with van der Waals surface area (Å²) in [5.41, 5.74) is 0. The van der Waals surface area contributed by atoms with Gasteiger partial charge in [0, 0.05) is 0 Å². The van der Waals surface area contributed by atoms with Gasteiger partial charge in [0.2, 0.25) is 0 Å². The van der Waals surface area contributed by atoms with Crippen LogP contribution in [0, 0.1) is 5.92 Å². The van der Waals surface area contributed by atoms with Crippen LogP contribution < -0.4 is 0 Å². The summed E-state index contributed by atoms with van der Waals surface area (Å²) in [6, 6.07) is 0. The molecule has 0 N–H and O–H groups in total. The van der Waals surface area contributed by atoms with E-state index < -0.39 is 10.1 Å². The molecule has 0 radical (unpaired) electrons. The van der Waals surface area contributed by atoms with Crippen molar-refractivity contribution in [1.82, 2.24) is 0 Å². The van der Waals surface area contributed by atoms with Gasteiger partial charge in [0.05, 0.1) is 12.9 Å². The van der Waals surface area contributed by atoms with Gasteiger partial charge in [0.15, 0.2) is 0 Å². The Hall–Kier alpha value is -0.0900. The van der Waals surface area contributed by atoms with Gasteiger partial charge in [-0.15, -0.1) is 0 Å². The van der Waals surface area contributed by atoms with Crippen LogP contribution in [0.5, 0.6) is 0 Å². The van der Waals surface area contributed by atoms with Crippen molar-refractivity contribution in [2.24, 2.45) is 5.92 Å². The van der Waals surface area contributed by atoms with Gasteiger partial charge in [-0.25, -0.2) is 0 Å². The molecule has 0 saturated carbocycles. The molecular formula is C11H24O3S. The third kappa shape index (κ3) is 11.8. The first kappa shape index (κ1) is 14.9. The largest absolute Gasteiger partial charge is 0.270 e. The van der Waals surface area contributed by atoms with E-state index in [-0.39, 0.29) is 0 Å². The smallest absolute Gasteiger partial charge is 0.264 e. The molecule has 1 atom stereocenters. The summed E-state index contributed by atoms with van der Waals surface area (Å²) in [7, 11) is -3.25. The quantitative estimate of drug-likeness (QED) is 0.456. The van der Waals surface area contributed by atoms with Crippen LogP contribution in [0.15, 0.2) is 0 Å². The van der Waals surface area contributed by atoms with Gasteiger partial charge >= 0.3 is 0 Å². The average molecular weight is 236 g/mol. The van der Waals surface area contributed by atoms with Crippen molar-refractivity contribution in [3.8, 4) is 0 Å². The van der Waals surface area contributed by atoms with Crippen LogP contribution in [-0.4, -0.2) is 21.3 Å². The lowest BCUT2D eigenvalue weighted by atomic mass is 10.00. The lowest BCUT2D eigenvalue weighted by molar-refractivity contribution is 0.283. The van der Waals surface area contributed by atoms with E-state index in [0.29, 0.717) is 12.5 Å². The SMILES string of the molecule is CCCCCCC(C)CCOS(C)(=O)=O. The van der Waals surface area contributed by atoms with E-state index in [1.807, 2.05) is 0 Å². The van der Waals surface area contributed by atoms with Gasteiger partial charge in [0.25, 0.3) is 10.1 Å². The number of rotatable bonds is 9. The fourth-order valence-corrected chi connectivity index (χ4v) is 1.86. The van der Waals surface area contributed by atoms with Crippen LogP contribution in [0.3, 0.4) is 0 Å². The van der Waals surface area contributed by atoms with Gasteiger partial charge < -0.3 is 0 Å². The van der Waals surface area contributed by atoms with Gasteiger partial charge in [0.1, 0.15) is 0 Å². The van der Waals surface area contributed by atoms with Crippen molar-refractivity contribution in [1.29, 1.82) is 0 Å². The summed E-state index contributed by atoms with van der Waals surface area (Å²) in [6.07, 6.45) is 8.19. The van der Waals surface area contributed by atoms with Crippen molar-refractivity contribution >= 4 is 10.1 Å². The van der Waals surface area contributed by atoms with Crippen LogP contribution in [0.4, 0.5) is 0 Å². The average Bonchev–Trinajstić information content (AvgIpc) is 2.10. The maximum atomic E-state index is 10.7. The zero-order valence-electron chi connectivity index (χ0n) is 10.2. The second-order valence-electron chi connectivity index (χ2n) is 4.27. The normalized spacial score (nSPS) is 14.1. The molecule has 0 spiro atoms. The molecule has 92 valence electrons. The molecule has 1 unspecified atom stereocenters. The van der Waals surface area contributed by atoms with Crippen LogP contribution in [0.1, 0.15) is 52.4 Å². The molecule has 0 saturated heterocycles. The van der Waals surface area contributed by atoms with E-state index >= 15 is 0 Å². The fourth-order valence-electron chi connectivity index (χ4n) is 1.46. The predicted molar refractivity (Wildman–Crippen MR) is 63.3 cm³/mol. The summed E-state index contributed by atoms with van der Waals surface area (Å²) in [5, 5.41) is 0. The predicted octanol–water partition coefficient (Wildman–Crippen LogP) is 2.96. The molecule has 3 nitrogen and oxygen atoms in total. The van der Waals surface area contributed by atoms with Gasteiger partial charge in [-0.2, -0.15) is 8.42 Å². The van der Waals surface area contributed by atoms with E-state index in [0.717, 1.165) is 12.7 Å². The molecule has 15 heavy (non-hydrogen) atoms. The van der Waals surface area contributed by atoms with E-state index in [4.69, 9.17) is 4.18 Å². The molecule has 0 aromatic carbocycles. The minimum absolute atomic E-state index is 0.327. The van der Waals surface area contributed by atoms with Crippen LogP contribution in [0.2, 0.25) is 0 Å². The highest BCUT2D eigenvalue weighted by molar-refractivity contribution is 7.85. The molecule has 0 fully saturated rings. The number of hydrogen-bond donors (Lipinski definition) is 0. The topological polar surface area (TPSA) is 43.4 Å². The molecule has 0 aliphatic carbocycles. The highest BCUT2D eigenvalue weighted by atomic mass is 32.2. The van der Waals surface area contributed by atoms with E-state index in [9.17, 15) is 8.42 Å². The van der Waals surface area contributed by atoms with Crippen molar-refractivity contribution in [3.63, 3.8) is 0 Å². The summed E-state index contributed by atoms with van der Waals surface area (Å²) in [6.45, 7) is 4.68. The number of unbranched alkanes of at least 4 members (excludes halogenated alkanes) is 3. The maximum absolute atomic E-state index is 10.7. The second-order valence-corrected chi connectivity index (χ2v) is 5.91. The van der Waals surface area contributed by atoms with Gasteiger partial charge in [-0.3, -0.25) is 4.18 Å². The summed E-state index contributed by atoms with van der Waals surface area (Å²) in [5.74, 6) is 0.559. The molecule has 0 aliphatic rings. The van der Waals surface area contributed by atoms with Crippen LogP contribution >= 0.6 is 0 Å². The lowest BCUT2D eigenvalue weighted by Gasteiger charge is -2.10. The molecule has 0 heterocycles. The Balaban J connectivity index is 3.37. The van der Waals surface area contributed by atoms with Crippen molar-refractivity contribution in [3.05, 3.63) is 0 Å². The second kappa shape index (κ2) is 8.11. The summed E-state index contributed by atoms with van der Waals surface area (Å²) >= 11 is 0. The molecule has 0 aromatic rings. The Labute approximate surface area is 94.3 Å². The monoisotopic (exact) mass is 236 g/mol. The Kier molecular flexibility index (Phi) is 8.06. The fraction of sp³-hybridized carbons (Fsp3) is 1.00. The zero-order valence-corrected chi connectivity index (χ0v) is 11.0. The van der Waals surface area contributed by atoms with Crippen LogP contribution in [-0.2, 0) is 14.3 Å². The molecule has 0 amide bonds. The molecule has 4 heteroatoms. The molecule has 0 bridgehead atoms. The first-order valence-corrected chi connectivity index (χ1v) is 7.61. The van der Waals surface area contributed by atoms with E-state index in [2.05, 4.69) is 13.8 Å². The third-order valence-corrected chi connectivity index (χ3v) is 3.05. The molecule has 0 rings (SSSR count). The summed E-state index contributed by atoms with van der Waals surface area (Å²) in [4.78, 5) is 0. The Morgan fingerprint density at radius 3 is 2.33 bits per heavy atom. The lowest BCUT2D eigenvalue weighted by Crippen LogP contribution is -2.07. The Morgan fingerprint density at radius 1 is 1.13 bits per heavy atom. The minimum atomic E-state index is -3.25. The first-order valence-electron chi connectivity index (χ1n) is 5.80. The van der Waals surface area contributed by atoms with Crippen LogP contribution in [0.25, 0.3) is 0 Å². The summed E-state index contributed by atoms with van der Waals surface area (Å²) < 4.78 is 26.1. The minimum Gasteiger partial charge on any atom is -0.270 e. The van der Waals surface area contributed by atoms with Gasteiger partial charge in [-0.1, -0.05) is 46.0 Å². The Bertz CT molecular complexity index is 234. The van der Waals surface area contributed by atoms with Gasteiger partial charge in [-0.05, 0) is 12.3 Å². The third-order valence-electron chi connectivity index (χ3n) is 2.46. The zero-order chi connectivity index (χ0) is 11.7. The van der Waals surface area contributed by atoms with Crippen molar-refractivity contribution in [2.75, 3.05) is 12.9 Å². The highest BCUT2D eigenvalue weighted by Crippen LogP contribution is 2.13. The van der Waals surface area contributed by atoms with Crippen molar-refractivity contribution < 1.29 is 12.6 Å². The van der Waals surface area contributed by atoms with E-state index in [1.165, 1.54) is 32.1 Å². The molecule has 0 aliphatic heterocycles. The molecule has 0 aromatic heterocycles. The van der Waals surface area contributed by atoms with E-state index in [1.54, 1.807) is 0 Å². The highest BCUT2D eigenvalue weighted by Gasteiger charge is 2.05. The maximum Gasteiger partial charge on any atom is 0.264 e. The number of hydrogen-bond acceptors (Lipinski definition) is 3. The standard InChI is InChI=1S/C11H24O3S/c1-4-5-6-7-8-11(2)9-10-14-15(3,12)13/h11H,4-10H2,1-3H3. The Morgan fingerprint density at radius 2 is 1.80 bits per heavy atom. The van der Waals surface area contributed by atoms with Crippen molar-refractivity contribution in [2.45, 2.75) is 52.4 Å². The first-order chi connectivity index (χ1) is 6.95.